The first-order valence-corrected chi connectivity index (χ1v) is 7.77. The lowest BCUT2D eigenvalue weighted by atomic mass is 9.88. The van der Waals surface area contributed by atoms with Crippen molar-refractivity contribution < 1.29 is 14.7 Å². The Morgan fingerprint density at radius 3 is 2.76 bits per heavy atom. The Morgan fingerprint density at radius 1 is 1.38 bits per heavy atom. The number of carboxylic acids is 1. The molecule has 2 atom stereocenters. The SMILES string of the molecule is CCCn1cccc1C(=O)N1CCC(CC)CC1C(=O)O. The summed E-state index contributed by atoms with van der Waals surface area (Å²) in [5.74, 6) is -0.650. The normalized spacial score (nSPS) is 22.3. The third-order valence-corrected chi connectivity index (χ3v) is 4.35. The highest BCUT2D eigenvalue weighted by Crippen LogP contribution is 2.27. The molecule has 5 heteroatoms. The second-order valence-corrected chi connectivity index (χ2v) is 5.74. The van der Waals surface area contributed by atoms with E-state index in [4.69, 9.17) is 0 Å². The highest BCUT2D eigenvalue weighted by atomic mass is 16.4. The van der Waals surface area contributed by atoms with Crippen LogP contribution in [-0.4, -0.2) is 39.0 Å². The molecule has 1 N–H and O–H groups in total. The van der Waals surface area contributed by atoms with Gasteiger partial charge in [-0.05, 0) is 37.3 Å². The first kappa shape index (κ1) is 15.6. The molecule has 21 heavy (non-hydrogen) atoms. The van der Waals surface area contributed by atoms with Gasteiger partial charge in [0.05, 0.1) is 0 Å². The van der Waals surface area contributed by atoms with E-state index < -0.39 is 12.0 Å². The van der Waals surface area contributed by atoms with Gasteiger partial charge in [0, 0.05) is 19.3 Å². The summed E-state index contributed by atoms with van der Waals surface area (Å²) in [5.41, 5.74) is 0.595. The van der Waals surface area contributed by atoms with E-state index in [1.54, 1.807) is 6.07 Å². The van der Waals surface area contributed by atoms with Crippen molar-refractivity contribution in [3.8, 4) is 0 Å². The molecule has 1 amide bonds. The van der Waals surface area contributed by atoms with Gasteiger partial charge >= 0.3 is 5.97 Å². The smallest absolute Gasteiger partial charge is 0.326 e. The average molecular weight is 292 g/mol. The van der Waals surface area contributed by atoms with E-state index in [2.05, 4.69) is 13.8 Å². The third-order valence-electron chi connectivity index (χ3n) is 4.35. The molecule has 2 unspecified atom stereocenters. The van der Waals surface area contributed by atoms with Crippen molar-refractivity contribution in [1.82, 2.24) is 9.47 Å². The maximum Gasteiger partial charge on any atom is 0.326 e. The summed E-state index contributed by atoms with van der Waals surface area (Å²) in [4.78, 5) is 25.8. The van der Waals surface area contributed by atoms with Gasteiger partial charge in [0.1, 0.15) is 11.7 Å². The highest BCUT2D eigenvalue weighted by molar-refractivity contribution is 5.95. The van der Waals surface area contributed by atoms with Crippen LogP contribution in [0.25, 0.3) is 0 Å². The molecule has 1 aromatic rings. The second kappa shape index (κ2) is 6.78. The van der Waals surface area contributed by atoms with Crippen LogP contribution in [0.15, 0.2) is 18.3 Å². The van der Waals surface area contributed by atoms with Crippen LogP contribution in [0.3, 0.4) is 0 Å². The van der Waals surface area contributed by atoms with Crippen molar-refractivity contribution >= 4 is 11.9 Å². The number of amides is 1. The standard InChI is InChI=1S/C16H24N2O3/c1-3-8-17-9-5-6-13(17)15(19)18-10-7-12(4-2)11-14(18)16(20)21/h5-6,9,12,14H,3-4,7-8,10-11H2,1-2H3,(H,20,21). The van der Waals surface area contributed by atoms with Crippen LogP contribution in [0.4, 0.5) is 0 Å². The summed E-state index contributed by atoms with van der Waals surface area (Å²) in [6.45, 7) is 5.44. The number of aliphatic carboxylic acids is 1. The minimum Gasteiger partial charge on any atom is -0.480 e. The van der Waals surface area contributed by atoms with Crippen LogP contribution in [0, 0.1) is 5.92 Å². The van der Waals surface area contributed by atoms with Gasteiger partial charge in [-0.3, -0.25) is 4.79 Å². The fraction of sp³-hybridized carbons (Fsp3) is 0.625. The van der Waals surface area contributed by atoms with E-state index in [0.29, 0.717) is 24.6 Å². The lowest BCUT2D eigenvalue weighted by molar-refractivity contribution is -0.144. The first-order valence-electron chi connectivity index (χ1n) is 7.77. The molecule has 116 valence electrons. The van der Waals surface area contributed by atoms with Gasteiger partial charge in [-0.2, -0.15) is 0 Å². The number of carboxylic acid groups (broad SMARTS) is 1. The van der Waals surface area contributed by atoms with Gasteiger partial charge in [0.25, 0.3) is 5.91 Å². The Balaban J connectivity index is 2.20. The van der Waals surface area contributed by atoms with Gasteiger partial charge in [-0.15, -0.1) is 0 Å². The molecule has 0 saturated carbocycles. The van der Waals surface area contributed by atoms with Crippen LogP contribution in [0.2, 0.25) is 0 Å². The van der Waals surface area contributed by atoms with Gasteiger partial charge in [0.2, 0.25) is 0 Å². The van der Waals surface area contributed by atoms with Crippen molar-refractivity contribution in [2.75, 3.05) is 6.54 Å². The monoisotopic (exact) mass is 292 g/mol. The Bertz CT molecular complexity index is 509. The van der Waals surface area contributed by atoms with Crippen molar-refractivity contribution in [3.63, 3.8) is 0 Å². The number of likely N-dealkylation sites (tertiary alicyclic amines) is 1. The molecule has 1 saturated heterocycles. The molecule has 0 bridgehead atoms. The summed E-state index contributed by atoms with van der Waals surface area (Å²) < 4.78 is 1.91. The zero-order valence-electron chi connectivity index (χ0n) is 12.8. The van der Waals surface area contributed by atoms with Gasteiger partial charge in [-0.25, -0.2) is 4.79 Å². The number of aryl methyl sites for hydroxylation is 1. The number of nitrogens with zero attached hydrogens (tertiary/aromatic N) is 2. The van der Waals surface area contributed by atoms with Crippen molar-refractivity contribution in [1.29, 1.82) is 0 Å². The zero-order valence-corrected chi connectivity index (χ0v) is 12.8. The second-order valence-electron chi connectivity index (χ2n) is 5.74. The van der Waals surface area contributed by atoms with E-state index in [9.17, 15) is 14.7 Å². The number of rotatable bonds is 5. The Morgan fingerprint density at radius 2 is 2.14 bits per heavy atom. The number of piperidine rings is 1. The molecule has 0 aromatic carbocycles. The van der Waals surface area contributed by atoms with Gasteiger partial charge < -0.3 is 14.6 Å². The van der Waals surface area contributed by atoms with Gasteiger partial charge in [-0.1, -0.05) is 20.3 Å². The van der Waals surface area contributed by atoms with Crippen LogP contribution < -0.4 is 0 Å². The number of carbonyl (C=O) groups is 2. The summed E-state index contributed by atoms with van der Waals surface area (Å²) in [6.07, 6.45) is 5.24. The molecular weight excluding hydrogens is 268 g/mol. The molecule has 1 fully saturated rings. The quantitative estimate of drug-likeness (QED) is 0.907. The van der Waals surface area contributed by atoms with Crippen LogP contribution in [0.1, 0.15) is 50.0 Å². The molecule has 0 aliphatic carbocycles. The molecule has 0 radical (unpaired) electrons. The van der Waals surface area contributed by atoms with E-state index in [1.807, 2.05) is 16.8 Å². The molecule has 1 aliphatic rings. The number of aromatic nitrogens is 1. The molecule has 0 spiro atoms. The van der Waals surface area contributed by atoms with Crippen LogP contribution in [0.5, 0.6) is 0 Å². The minimum atomic E-state index is -0.893. The summed E-state index contributed by atoms with van der Waals surface area (Å²) >= 11 is 0. The number of hydrogen-bond acceptors (Lipinski definition) is 2. The Hall–Kier alpha value is -1.78. The van der Waals surface area contributed by atoms with Crippen molar-refractivity contribution in [3.05, 3.63) is 24.0 Å². The maximum absolute atomic E-state index is 12.7. The maximum atomic E-state index is 12.7. The number of hydrogen-bond donors (Lipinski definition) is 1. The molecule has 2 heterocycles. The van der Waals surface area contributed by atoms with Crippen LogP contribution >= 0.6 is 0 Å². The minimum absolute atomic E-state index is 0.157. The lowest BCUT2D eigenvalue weighted by Gasteiger charge is -2.37. The fourth-order valence-corrected chi connectivity index (χ4v) is 3.08. The topological polar surface area (TPSA) is 62.5 Å². The predicted octanol–water partition coefficient (Wildman–Crippen LogP) is 2.61. The molecule has 1 aliphatic heterocycles. The Labute approximate surface area is 125 Å². The molecule has 5 nitrogen and oxygen atoms in total. The van der Waals surface area contributed by atoms with Crippen molar-refractivity contribution in [2.24, 2.45) is 5.92 Å². The van der Waals surface area contributed by atoms with E-state index in [0.717, 1.165) is 25.8 Å². The highest BCUT2D eigenvalue weighted by Gasteiger charge is 2.36. The Kier molecular flexibility index (Phi) is 5.04. The zero-order chi connectivity index (χ0) is 15.4. The molecular formula is C16H24N2O3. The van der Waals surface area contributed by atoms with Gasteiger partial charge in [0.15, 0.2) is 0 Å². The van der Waals surface area contributed by atoms with E-state index >= 15 is 0 Å². The predicted molar refractivity (Wildman–Crippen MR) is 80.2 cm³/mol. The van der Waals surface area contributed by atoms with Crippen LogP contribution in [-0.2, 0) is 11.3 Å². The largest absolute Gasteiger partial charge is 0.480 e. The first-order chi connectivity index (χ1) is 10.1. The lowest BCUT2D eigenvalue weighted by Crippen LogP contribution is -2.50. The van der Waals surface area contributed by atoms with E-state index in [1.165, 1.54) is 4.90 Å². The van der Waals surface area contributed by atoms with E-state index in [-0.39, 0.29) is 5.91 Å². The number of carbonyl (C=O) groups excluding carboxylic acids is 1. The summed E-state index contributed by atoms with van der Waals surface area (Å²) in [7, 11) is 0. The molecule has 2 rings (SSSR count). The van der Waals surface area contributed by atoms with Crippen molar-refractivity contribution in [2.45, 2.75) is 52.1 Å². The summed E-state index contributed by atoms with van der Waals surface area (Å²) in [6, 6.07) is 2.93. The average Bonchev–Trinajstić information content (AvgIpc) is 2.94. The molecule has 1 aromatic heterocycles. The third kappa shape index (κ3) is 3.28. The summed E-state index contributed by atoms with van der Waals surface area (Å²) in [5, 5.41) is 9.44. The fourth-order valence-electron chi connectivity index (χ4n) is 3.08.